The number of hydrogen-bond donors (Lipinski definition) is 1. The van der Waals surface area contributed by atoms with Gasteiger partial charge in [0.15, 0.2) is 0 Å². The molecule has 2 N–H and O–H groups in total. The molecule has 2 aromatic rings. The number of nitrogens with two attached hydrogens (primary N) is 1. The third-order valence-electron chi connectivity index (χ3n) is 2.43. The standard InChI is InChI=1S/C12H14BrNOS/c13-12-6-5-11(16-12)8-9(14)3-4-10-2-1-7-15-10/h1-2,5-7,9H,3-4,8,14H2. The van der Waals surface area contributed by atoms with E-state index in [1.807, 2.05) is 12.1 Å². The van der Waals surface area contributed by atoms with Gasteiger partial charge in [-0.3, -0.25) is 0 Å². The van der Waals surface area contributed by atoms with Crippen molar-refractivity contribution in [2.45, 2.75) is 25.3 Å². The normalized spacial score (nSPS) is 12.9. The molecule has 2 heterocycles. The molecule has 1 atom stereocenters. The number of furan rings is 1. The first-order chi connectivity index (χ1) is 7.74. The molecule has 0 saturated carbocycles. The highest BCUT2D eigenvalue weighted by Crippen LogP contribution is 2.23. The van der Waals surface area contributed by atoms with Gasteiger partial charge in [-0.2, -0.15) is 0 Å². The van der Waals surface area contributed by atoms with Crippen molar-refractivity contribution < 1.29 is 4.42 Å². The monoisotopic (exact) mass is 299 g/mol. The molecule has 0 amide bonds. The van der Waals surface area contributed by atoms with Crippen LogP contribution in [-0.2, 0) is 12.8 Å². The molecule has 0 aliphatic heterocycles. The summed E-state index contributed by atoms with van der Waals surface area (Å²) in [7, 11) is 0. The number of hydrogen-bond acceptors (Lipinski definition) is 3. The van der Waals surface area contributed by atoms with Crippen LogP contribution in [0.1, 0.15) is 17.1 Å². The van der Waals surface area contributed by atoms with E-state index < -0.39 is 0 Å². The quantitative estimate of drug-likeness (QED) is 0.916. The third-order valence-corrected chi connectivity index (χ3v) is 4.08. The van der Waals surface area contributed by atoms with E-state index in [2.05, 4.69) is 28.1 Å². The highest BCUT2D eigenvalue weighted by molar-refractivity contribution is 9.11. The molecule has 2 rings (SSSR count). The molecule has 86 valence electrons. The van der Waals surface area contributed by atoms with Crippen LogP contribution < -0.4 is 5.73 Å². The summed E-state index contributed by atoms with van der Waals surface area (Å²) >= 11 is 5.21. The first kappa shape index (κ1) is 11.9. The smallest absolute Gasteiger partial charge is 0.103 e. The van der Waals surface area contributed by atoms with E-state index in [-0.39, 0.29) is 6.04 Å². The summed E-state index contributed by atoms with van der Waals surface area (Å²) < 4.78 is 6.45. The number of thiophene rings is 1. The highest BCUT2D eigenvalue weighted by Gasteiger charge is 2.07. The van der Waals surface area contributed by atoms with E-state index in [1.165, 1.54) is 8.66 Å². The topological polar surface area (TPSA) is 39.2 Å². The molecule has 0 radical (unpaired) electrons. The Morgan fingerprint density at radius 1 is 1.38 bits per heavy atom. The van der Waals surface area contributed by atoms with Crippen LogP contribution in [0.3, 0.4) is 0 Å². The SMILES string of the molecule is NC(CCc1ccco1)Cc1ccc(Br)s1. The Morgan fingerprint density at radius 2 is 2.25 bits per heavy atom. The Bertz CT molecular complexity index is 424. The minimum atomic E-state index is 0.204. The van der Waals surface area contributed by atoms with Gasteiger partial charge in [0.1, 0.15) is 5.76 Å². The summed E-state index contributed by atoms with van der Waals surface area (Å²) in [6, 6.07) is 8.31. The summed E-state index contributed by atoms with van der Waals surface area (Å²) in [5, 5.41) is 0. The lowest BCUT2D eigenvalue weighted by Crippen LogP contribution is -2.22. The molecule has 0 aliphatic rings. The van der Waals surface area contributed by atoms with Crippen LogP contribution in [0.2, 0.25) is 0 Å². The Balaban J connectivity index is 1.78. The van der Waals surface area contributed by atoms with Crippen molar-refractivity contribution >= 4 is 27.3 Å². The fourth-order valence-electron chi connectivity index (χ4n) is 1.60. The van der Waals surface area contributed by atoms with Gasteiger partial charge in [0.2, 0.25) is 0 Å². The largest absolute Gasteiger partial charge is 0.469 e. The first-order valence-electron chi connectivity index (χ1n) is 5.26. The average Bonchev–Trinajstić information content (AvgIpc) is 2.87. The van der Waals surface area contributed by atoms with Gasteiger partial charge in [-0.25, -0.2) is 0 Å². The molecule has 0 saturated heterocycles. The maximum absolute atomic E-state index is 6.08. The Labute approximate surface area is 108 Å². The number of aryl methyl sites for hydroxylation is 1. The zero-order valence-electron chi connectivity index (χ0n) is 8.86. The minimum absolute atomic E-state index is 0.204. The Kier molecular flexibility index (Phi) is 4.21. The lowest BCUT2D eigenvalue weighted by atomic mass is 10.1. The third kappa shape index (κ3) is 3.47. The molecule has 16 heavy (non-hydrogen) atoms. The molecule has 0 aromatic carbocycles. The zero-order valence-corrected chi connectivity index (χ0v) is 11.3. The fraction of sp³-hybridized carbons (Fsp3) is 0.333. The molecule has 1 unspecified atom stereocenters. The van der Waals surface area contributed by atoms with Crippen LogP contribution in [0.25, 0.3) is 0 Å². The summed E-state index contributed by atoms with van der Waals surface area (Å²) in [4.78, 5) is 1.33. The van der Waals surface area contributed by atoms with E-state index in [4.69, 9.17) is 10.2 Å². The summed E-state index contributed by atoms with van der Waals surface area (Å²) in [5.74, 6) is 1.02. The second-order valence-electron chi connectivity index (χ2n) is 3.79. The van der Waals surface area contributed by atoms with Crippen LogP contribution in [0.5, 0.6) is 0 Å². The van der Waals surface area contributed by atoms with Gasteiger partial charge >= 0.3 is 0 Å². The van der Waals surface area contributed by atoms with Crippen molar-refractivity contribution in [3.8, 4) is 0 Å². The van der Waals surface area contributed by atoms with Gasteiger partial charge in [0.05, 0.1) is 10.0 Å². The molecule has 2 aromatic heterocycles. The van der Waals surface area contributed by atoms with Crippen LogP contribution in [0.4, 0.5) is 0 Å². The maximum atomic E-state index is 6.08. The number of rotatable bonds is 5. The van der Waals surface area contributed by atoms with Crippen LogP contribution in [0, 0.1) is 0 Å². The van der Waals surface area contributed by atoms with E-state index in [1.54, 1.807) is 17.6 Å². The molecule has 0 fully saturated rings. The average molecular weight is 300 g/mol. The second-order valence-corrected chi connectivity index (χ2v) is 6.34. The van der Waals surface area contributed by atoms with Crippen molar-refractivity contribution in [2.75, 3.05) is 0 Å². The lowest BCUT2D eigenvalue weighted by Gasteiger charge is -2.08. The fourth-order valence-corrected chi connectivity index (χ4v) is 3.18. The van der Waals surface area contributed by atoms with Crippen LogP contribution in [-0.4, -0.2) is 6.04 Å². The van der Waals surface area contributed by atoms with E-state index in [9.17, 15) is 0 Å². The molecular formula is C12H14BrNOS. The molecule has 0 aliphatic carbocycles. The molecule has 4 heteroatoms. The van der Waals surface area contributed by atoms with Gasteiger partial charge in [-0.05, 0) is 53.0 Å². The maximum Gasteiger partial charge on any atom is 0.103 e. The van der Waals surface area contributed by atoms with Gasteiger partial charge in [0.25, 0.3) is 0 Å². The summed E-state index contributed by atoms with van der Waals surface area (Å²) in [5.41, 5.74) is 6.08. The Morgan fingerprint density at radius 3 is 2.88 bits per heavy atom. The molecule has 0 spiro atoms. The van der Waals surface area contributed by atoms with E-state index in [0.29, 0.717) is 0 Å². The second kappa shape index (κ2) is 5.66. The summed E-state index contributed by atoms with van der Waals surface area (Å²) in [6.07, 6.45) is 4.53. The first-order valence-corrected chi connectivity index (χ1v) is 6.87. The predicted molar refractivity (Wildman–Crippen MR) is 70.7 cm³/mol. The van der Waals surface area contributed by atoms with Gasteiger partial charge in [-0.15, -0.1) is 11.3 Å². The van der Waals surface area contributed by atoms with E-state index in [0.717, 1.165) is 25.0 Å². The van der Waals surface area contributed by atoms with Crippen molar-refractivity contribution in [1.82, 2.24) is 0 Å². The van der Waals surface area contributed by atoms with Gasteiger partial charge in [-0.1, -0.05) is 0 Å². The van der Waals surface area contributed by atoms with Crippen molar-refractivity contribution in [1.29, 1.82) is 0 Å². The number of halogens is 1. The van der Waals surface area contributed by atoms with Crippen molar-refractivity contribution in [3.05, 3.63) is 45.0 Å². The van der Waals surface area contributed by atoms with Crippen LogP contribution >= 0.6 is 27.3 Å². The zero-order chi connectivity index (χ0) is 11.4. The highest BCUT2D eigenvalue weighted by atomic mass is 79.9. The predicted octanol–water partition coefficient (Wildman–Crippen LogP) is 3.61. The minimum Gasteiger partial charge on any atom is -0.469 e. The molecule has 2 nitrogen and oxygen atoms in total. The molecular weight excluding hydrogens is 286 g/mol. The van der Waals surface area contributed by atoms with Crippen LogP contribution in [0.15, 0.2) is 38.7 Å². The van der Waals surface area contributed by atoms with Gasteiger partial charge in [0, 0.05) is 17.3 Å². The lowest BCUT2D eigenvalue weighted by molar-refractivity contribution is 0.484. The summed E-state index contributed by atoms with van der Waals surface area (Å²) in [6.45, 7) is 0. The van der Waals surface area contributed by atoms with Gasteiger partial charge < -0.3 is 10.2 Å². The van der Waals surface area contributed by atoms with E-state index >= 15 is 0 Å². The van der Waals surface area contributed by atoms with Crippen molar-refractivity contribution in [2.24, 2.45) is 5.73 Å². The van der Waals surface area contributed by atoms with Crippen molar-refractivity contribution in [3.63, 3.8) is 0 Å². The molecule has 0 bridgehead atoms. The Hall–Kier alpha value is -0.580.